The van der Waals surface area contributed by atoms with E-state index in [1.54, 1.807) is 25.2 Å². The quantitative estimate of drug-likeness (QED) is 0.674. The van der Waals surface area contributed by atoms with Crippen molar-refractivity contribution < 1.29 is 4.79 Å². The van der Waals surface area contributed by atoms with Gasteiger partial charge in [0, 0.05) is 33.3 Å². The molecule has 0 aromatic carbocycles. The molecule has 0 aliphatic carbocycles. The molecule has 1 aromatic rings. The van der Waals surface area contributed by atoms with Crippen molar-refractivity contribution in [1.82, 2.24) is 14.7 Å². The number of hydrogen-bond donors (Lipinski definition) is 0. The fourth-order valence-electron chi connectivity index (χ4n) is 1.61. The van der Waals surface area contributed by atoms with Gasteiger partial charge in [0.15, 0.2) is 0 Å². The fourth-order valence-corrected chi connectivity index (χ4v) is 1.61. The van der Waals surface area contributed by atoms with Gasteiger partial charge in [-0.05, 0) is 0 Å². The highest BCUT2D eigenvalue weighted by Crippen LogP contribution is 2.14. The molecule has 0 atom stereocenters. The number of amides is 1. The number of aryl methyl sites for hydroxylation is 1. The maximum absolute atomic E-state index is 11.8. The molecule has 0 fully saturated rings. The molecule has 2 rings (SSSR count). The lowest BCUT2D eigenvalue weighted by molar-refractivity contribution is 0.0826. The van der Waals surface area contributed by atoms with Crippen LogP contribution in [0.4, 0.5) is 0 Å². The normalized spacial score (nSPS) is 14.5. The third kappa shape index (κ3) is 1.77. The standard InChI is InChI=1S/C10H14N4O/c1-13(2)10(15)8-6-12-14-5-3-4-11-7-9(8)14/h4,6H,3,5,7H2,1-2H3. The van der Waals surface area contributed by atoms with Crippen molar-refractivity contribution in [2.24, 2.45) is 4.99 Å². The molecular formula is C10H14N4O. The fraction of sp³-hybridized carbons (Fsp3) is 0.500. The maximum Gasteiger partial charge on any atom is 0.256 e. The van der Waals surface area contributed by atoms with Gasteiger partial charge in [0.25, 0.3) is 5.91 Å². The Bertz CT molecular complexity index is 406. The Hall–Kier alpha value is -1.65. The van der Waals surface area contributed by atoms with Gasteiger partial charge >= 0.3 is 0 Å². The van der Waals surface area contributed by atoms with Crippen LogP contribution in [-0.4, -0.2) is 40.9 Å². The van der Waals surface area contributed by atoms with E-state index in [1.165, 1.54) is 0 Å². The number of nitrogens with zero attached hydrogens (tertiary/aromatic N) is 4. The average molecular weight is 206 g/mol. The summed E-state index contributed by atoms with van der Waals surface area (Å²) in [5, 5.41) is 4.21. The first kappa shape index (κ1) is 9.89. The average Bonchev–Trinajstić information content (AvgIpc) is 2.46. The van der Waals surface area contributed by atoms with Gasteiger partial charge in [0.1, 0.15) is 0 Å². The zero-order chi connectivity index (χ0) is 10.8. The van der Waals surface area contributed by atoms with Crippen molar-refractivity contribution in [2.45, 2.75) is 19.5 Å². The Kier molecular flexibility index (Phi) is 2.53. The van der Waals surface area contributed by atoms with Gasteiger partial charge in [-0.1, -0.05) is 0 Å². The summed E-state index contributed by atoms with van der Waals surface area (Å²) in [5.41, 5.74) is 1.58. The van der Waals surface area contributed by atoms with Gasteiger partial charge in [-0.2, -0.15) is 5.10 Å². The van der Waals surface area contributed by atoms with Gasteiger partial charge in [0.05, 0.1) is 24.0 Å². The highest BCUT2D eigenvalue weighted by molar-refractivity contribution is 5.94. The molecule has 80 valence electrons. The molecule has 0 N–H and O–H groups in total. The summed E-state index contributed by atoms with van der Waals surface area (Å²) >= 11 is 0. The van der Waals surface area contributed by atoms with Crippen LogP contribution in [0, 0.1) is 0 Å². The van der Waals surface area contributed by atoms with E-state index in [9.17, 15) is 4.79 Å². The van der Waals surface area contributed by atoms with E-state index in [4.69, 9.17) is 0 Å². The molecule has 0 radical (unpaired) electrons. The van der Waals surface area contributed by atoms with E-state index in [0.29, 0.717) is 12.1 Å². The summed E-state index contributed by atoms with van der Waals surface area (Å²) in [6.07, 6.45) is 4.40. The monoisotopic (exact) mass is 206 g/mol. The molecule has 15 heavy (non-hydrogen) atoms. The minimum Gasteiger partial charge on any atom is -0.345 e. The summed E-state index contributed by atoms with van der Waals surface area (Å²) in [7, 11) is 3.48. The van der Waals surface area contributed by atoms with Crippen LogP contribution in [0.2, 0.25) is 0 Å². The predicted octanol–water partition coefficient (Wildman–Crippen LogP) is 0.559. The van der Waals surface area contributed by atoms with Crippen LogP contribution in [0.25, 0.3) is 0 Å². The number of carbonyl (C=O) groups is 1. The molecule has 0 saturated carbocycles. The molecule has 0 bridgehead atoms. The van der Waals surface area contributed by atoms with Crippen LogP contribution in [0.3, 0.4) is 0 Å². The summed E-state index contributed by atoms with van der Waals surface area (Å²) in [5.74, 6) is -0.00616. The Morgan fingerprint density at radius 1 is 1.53 bits per heavy atom. The van der Waals surface area contributed by atoms with Crippen molar-refractivity contribution in [3.05, 3.63) is 17.5 Å². The molecule has 0 spiro atoms. The highest BCUT2D eigenvalue weighted by Gasteiger charge is 2.18. The number of hydrogen-bond acceptors (Lipinski definition) is 3. The van der Waals surface area contributed by atoms with Crippen molar-refractivity contribution in [3.8, 4) is 0 Å². The van der Waals surface area contributed by atoms with E-state index >= 15 is 0 Å². The van der Waals surface area contributed by atoms with Crippen LogP contribution in [-0.2, 0) is 13.1 Å². The molecule has 1 aromatic heterocycles. The van der Waals surface area contributed by atoms with Crippen LogP contribution in [0.5, 0.6) is 0 Å². The Morgan fingerprint density at radius 3 is 3.07 bits per heavy atom. The molecule has 5 heteroatoms. The predicted molar refractivity (Wildman–Crippen MR) is 57.1 cm³/mol. The minimum absolute atomic E-state index is 0.00616. The molecule has 2 heterocycles. The van der Waals surface area contributed by atoms with Gasteiger partial charge in [0.2, 0.25) is 0 Å². The third-order valence-corrected chi connectivity index (χ3v) is 2.43. The minimum atomic E-state index is -0.00616. The van der Waals surface area contributed by atoms with Crippen LogP contribution < -0.4 is 0 Å². The van der Waals surface area contributed by atoms with E-state index in [-0.39, 0.29) is 5.91 Å². The first-order chi connectivity index (χ1) is 7.20. The van der Waals surface area contributed by atoms with Gasteiger partial charge in [-0.15, -0.1) is 0 Å². The summed E-state index contributed by atoms with van der Waals surface area (Å²) in [6.45, 7) is 1.36. The zero-order valence-electron chi connectivity index (χ0n) is 8.97. The SMILES string of the molecule is CN(C)C(=O)c1cnn2c1CN=CCC2. The topological polar surface area (TPSA) is 50.5 Å². The van der Waals surface area contributed by atoms with Crippen molar-refractivity contribution in [2.75, 3.05) is 14.1 Å². The number of rotatable bonds is 1. The lowest BCUT2D eigenvalue weighted by atomic mass is 10.2. The molecule has 1 aliphatic rings. The second-order valence-electron chi connectivity index (χ2n) is 3.74. The van der Waals surface area contributed by atoms with Crippen molar-refractivity contribution in [1.29, 1.82) is 0 Å². The van der Waals surface area contributed by atoms with Gasteiger partial charge < -0.3 is 4.90 Å². The van der Waals surface area contributed by atoms with E-state index < -0.39 is 0 Å². The van der Waals surface area contributed by atoms with Crippen LogP contribution in [0.1, 0.15) is 22.5 Å². The summed E-state index contributed by atoms with van der Waals surface area (Å²) in [6, 6.07) is 0. The zero-order valence-corrected chi connectivity index (χ0v) is 8.97. The second-order valence-corrected chi connectivity index (χ2v) is 3.74. The number of carbonyl (C=O) groups excluding carboxylic acids is 1. The first-order valence-corrected chi connectivity index (χ1v) is 4.95. The van der Waals surface area contributed by atoms with Crippen molar-refractivity contribution in [3.63, 3.8) is 0 Å². The Labute approximate surface area is 88.4 Å². The number of aliphatic imine (C=N–C) groups is 1. The number of aromatic nitrogens is 2. The lowest BCUT2D eigenvalue weighted by Gasteiger charge is -2.10. The second kappa shape index (κ2) is 3.84. The first-order valence-electron chi connectivity index (χ1n) is 4.95. The van der Waals surface area contributed by atoms with Gasteiger partial charge in [-0.3, -0.25) is 14.5 Å². The molecular weight excluding hydrogens is 192 g/mol. The molecule has 5 nitrogen and oxygen atoms in total. The van der Waals surface area contributed by atoms with E-state index in [2.05, 4.69) is 10.1 Å². The highest BCUT2D eigenvalue weighted by atomic mass is 16.2. The van der Waals surface area contributed by atoms with E-state index in [1.807, 2.05) is 10.9 Å². The van der Waals surface area contributed by atoms with Crippen LogP contribution >= 0.6 is 0 Å². The molecule has 1 aliphatic heterocycles. The number of fused-ring (bicyclic) bond motifs is 1. The third-order valence-electron chi connectivity index (χ3n) is 2.43. The summed E-state index contributed by atoms with van der Waals surface area (Å²) < 4.78 is 1.86. The Morgan fingerprint density at radius 2 is 2.33 bits per heavy atom. The molecule has 1 amide bonds. The van der Waals surface area contributed by atoms with Crippen molar-refractivity contribution >= 4 is 12.1 Å². The smallest absolute Gasteiger partial charge is 0.256 e. The van der Waals surface area contributed by atoms with Crippen LogP contribution in [0.15, 0.2) is 11.2 Å². The van der Waals surface area contributed by atoms with Gasteiger partial charge in [-0.25, -0.2) is 0 Å². The lowest BCUT2D eigenvalue weighted by Crippen LogP contribution is -2.22. The van der Waals surface area contributed by atoms with E-state index in [0.717, 1.165) is 18.7 Å². The summed E-state index contributed by atoms with van der Waals surface area (Å²) in [4.78, 5) is 17.6. The maximum atomic E-state index is 11.8. The Balaban J connectivity index is 2.37. The molecule has 0 saturated heterocycles. The largest absolute Gasteiger partial charge is 0.345 e. The molecule has 0 unspecified atom stereocenters.